The zero-order valence-electron chi connectivity index (χ0n) is 17.0. The number of hydrogen-bond donors (Lipinski definition) is 1. The van der Waals surface area contributed by atoms with Crippen molar-refractivity contribution in [1.29, 1.82) is 0 Å². The van der Waals surface area contributed by atoms with Gasteiger partial charge in [-0.3, -0.25) is 9.69 Å². The summed E-state index contributed by atoms with van der Waals surface area (Å²) in [6.45, 7) is 6.15. The van der Waals surface area contributed by atoms with E-state index in [1.54, 1.807) is 29.5 Å². The van der Waals surface area contributed by atoms with E-state index in [1.165, 1.54) is 0 Å². The Labute approximate surface area is 189 Å². The summed E-state index contributed by atoms with van der Waals surface area (Å²) in [7, 11) is 0. The van der Waals surface area contributed by atoms with E-state index in [-0.39, 0.29) is 5.91 Å². The fourth-order valence-electron chi connectivity index (χ4n) is 3.82. The average molecular weight is 459 g/mol. The number of hydrogen-bond acceptors (Lipinski definition) is 7. The number of para-hydroxylation sites is 1. The highest BCUT2D eigenvalue weighted by molar-refractivity contribution is 7.22. The number of piperazine rings is 1. The lowest BCUT2D eigenvalue weighted by Gasteiger charge is -2.34. The zero-order chi connectivity index (χ0) is 21.2. The summed E-state index contributed by atoms with van der Waals surface area (Å²) >= 11 is 7.95. The Balaban J connectivity index is 1.10. The first kappa shape index (κ1) is 20.4. The third-order valence-corrected chi connectivity index (χ3v) is 6.91. The van der Waals surface area contributed by atoms with Gasteiger partial charge < -0.3 is 19.7 Å². The Morgan fingerprint density at radius 2 is 1.90 bits per heavy atom. The van der Waals surface area contributed by atoms with Crippen LogP contribution in [0.3, 0.4) is 0 Å². The fourth-order valence-corrected chi connectivity index (χ4v) is 5.13. The summed E-state index contributed by atoms with van der Waals surface area (Å²) in [6.07, 6.45) is 0. The predicted octanol–water partition coefficient (Wildman–Crippen LogP) is 3.27. The van der Waals surface area contributed by atoms with Crippen LogP contribution in [0.2, 0.25) is 5.02 Å². The van der Waals surface area contributed by atoms with E-state index in [1.807, 2.05) is 12.1 Å². The summed E-state index contributed by atoms with van der Waals surface area (Å²) in [4.78, 5) is 21.9. The maximum Gasteiger partial charge on any atom is 0.251 e. The van der Waals surface area contributed by atoms with E-state index in [4.69, 9.17) is 26.1 Å². The number of nitrogens with zero attached hydrogens (tertiary/aromatic N) is 3. The molecule has 0 spiro atoms. The first-order valence-corrected chi connectivity index (χ1v) is 11.6. The van der Waals surface area contributed by atoms with Crippen molar-refractivity contribution in [2.45, 2.75) is 0 Å². The van der Waals surface area contributed by atoms with Gasteiger partial charge in [-0.15, -0.1) is 0 Å². The second kappa shape index (κ2) is 8.90. The van der Waals surface area contributed by atoms with Crippen LogP contribution in [-0.2, 0) is 0 Å². The van der Waals surface area contributed by atoms with E-state index in [2.05, 4.69) is 21.2 Å². The van der Waals surface area contributed by atoms with Crippen LogP contribution in [0.25, 0.3) is 10.2 Å². The Hall–Kier alpha value is -2.55. The molecule has 162 valence electrons. The molecule has 0 aliphatic carbocycles. The Kier molecular flexibility index (Phi) is 5.85. The van der Waals surface area contributed by atoms with Crippen LogP contribution >= 0.6 is 22.9 Å². The van der Waals surface area contributed by atoms with Crippen molar-refractivity contribution in [2.75, 3.05) is 57.4 Å². The van der Waals surface area contributed by atoms with E-state index in [0.29, 0.717) is 41.8 Å². The van der Waals surface area contributed by atoms with Crippen LogP contribution in [0.15, 0.2) is 36.4 Å². The first-order valence-electron chi connectivity index (χ1n) is 10.4. The maximum atomic E-state index is 12.5. The highest BCUT2D eigenvalue weighted by Crippen LogP contribution is 2.33. The second-order valence-electron chi connectivity index (χ2n) is 7.53. The number of fused-ring (bicyclic) bond motifs is 2. The van der Waals surface area contributed by atoms with Crippen LogP contribution in [0.4, 0.5) is 5.13 Å². The number of ether oxygens (including phenoxy) is 2. The van der Waals surface area contributed by atoms with E-state index < -0.39 is 0 Å². The molecule has 1 fully saturated rings. The Morgan fingerprint density at radius 1 is 1.10 bits per heavy atom. The first-order chi connectivity index (χ1) is 15.2. The van der Waals surface area contributed by atoms with E-state index >= 15 is 0 Å². The molecule has 3 heterocycles. The molecule has 0 atom stereocenters. The number of carbonyl (C=O) groups excluding carboxylic acids is 1. The van der Waals surface area contributed by atoms with Gasteiger partial charge in [-0.05, 0) is 30.3 Å². The molecule has 2 aromatic carbocycles. The smallest absolute Gasteiger partial charge is 0.251 e. The monoisotopic (exact) mass is 458 g/mol. The molecule has 9 heteroatoms. The van der Waals surface area contributed by atoms with Gasteiger partial charge >= 0.3 is 0 Å². The van der Waals surface area contributed by atoms with Crippen LogP contribution in [0, 0.1) is 0 Å². The number of nitrogens with one attached hydrogen (secondary N) is 1. The third kappa shape index (κ3) is 4.42. The van der Waals surface area contributed by atoms with Crippen molar-refractivity contribution >= 4 is 44.2 Å². The molecule has 0 unspecified atom stereocenters. The minimum Gasteiger partial charge on any atom is -0.486 e. The molecule has 5 rings (SSSR count). The van der Waals surface area contributed by atoms with Gasteiger partial charge in [0.25, 0.3) is 5.91 Å². The average Bonchev–Trinajstić information content (AvgIpc) is 3.25. The summed E-state index contributed by atoms with van der Waals surface area (Å²) < 4.78 is 12.2. The molecule has 3 aromatic rings. The van der Waals surface area contributed by atoms with Crippen LogP contribution in [0.1, 0.15) is 10.4 Å². The molecule has 0 bridgehead atoms. The summed E-state index contributed by atoms with van der Waals surface area (Å²) in [6, 6.07) is 11.2. The van der Waals surface area contributed by atoms with E-state index in [9.17, 15) is 4.79 Å². The van der Waals surface area contributed by atoms with Gasteiger partial charge in [0.05, 0.1) is 9.72 Å². The molecule has 0 radical (unpaired) electrons. The van der Waals surface area contributed by atoms with Crippen LogP contribution in [0.5, 0.6) is 11.5 Å². The normalized spacial score (nSPS) is 16.5. The minimum atomic E-state index is -0.0954. The second-order valence-corrected chi connectivity index (χ2v) is 8.94. The predicted molar refractivity (Wildman–Crippen MR) is 123 cm³/mol. The Morgan fingerprint density at radius 3 is 2.71 bits per heavy atom. The topological polar surface area (TPSA) is 66.9 Å². The third-order valence-electron chi connectivity index (χ3n) is 5.52. The minimum absolute atomic E-state index is 0.0954. The fraction of sp³-hybridized carbons (Fsp3) is 0.364. The van der Waals surface area contributed by atoms with Gasteiger partial charge in [0, 0.05) is 44.8 Å². The largest absolute Gasteiger partial charge is 0.486 e. The van der Waals surface area contributed by atoms with Crippen molar-refractivity contribution in [3.8, 4) is 11.5 Å². The standard InChI is InChI=1S/C22H23ClN4O3S/c23-16-2-1-3-19-20(16)25-22(31-19)27-10-8-26(9-11-27)7-6-24-21(28)15-4-5-17-18(14-15)30-13-12-29-17/h1-5,14H,6-13H2,(H,24,28). The number of halogens is 1. The lowest BCUT2D eigenvalue weighted by molar-refractivity contribution is 0.0946. The number of amides is 1. The van der Waals surface area contributed by atoms with Gasteiger partial charge in [-0.1, -0.05) is 29.0 Å². The lowest BCUT2D eigenvalue weighted by atomic mass is 10.2. The highest BCUT2D eigenvalue weighted by atomic mass is 35.5. The van der Waals surface area contributed by atoms with Crippen LogP contribution in [-0.4, -0.2) is 68.3 Å². The molecule has 7 nitrogen and oxygen atoms in total. The quantitative estimate of drug-likeness (QED) is 0.633. The number of carbonyl (C=O) groups is 1. The van der Waals surface area contributed by atoms with E-state index in [0.717, 1.165) is 48.1 Å². The van der Waals surface area contributed by atoms with Gasteiger partial charge in [-0.25, -0.2) is 4.98 Å². The molecule has 1 saturated heterocycles. The molecular weight excluding hydrogens is 436 g/mol. The van der Waals surface area contributed by atoms with Crippen molar-refractivity contribution in [3.63, 3.8) is 0 Å². The SMILES string of the molecule is O=C(NCCN1CCN(c2nc3c(Cl)cccc3s2)CC1)c1ccc2c(c1)OCCO2. The molecule has 0 saturated carbocycles. The van der Waals surface area contributed by atoms with Crippen molar-refractivity contribution in [2.24, 2.45) is 0 Å². The number of aromatic nitrogens is 1. The summed E-state index contributed by atoms with van der Waals surface area (Å²) in [5, 5.41) is 4.73. The molecule has 2 aliphatic rings. The highest BCUT2D eigenvalue weighted by Gasteiger charge is 2.21. The maximum absolute atomic E-state index is 12.5. The number of benzene rings is 2. The van der Waals surface area contributed by atoms with Gasteiger partial charge in [-0.2, -0.15) is 0 Å². The molecule has 31 heavy (non-hydrogen) atoms. The van der Waals surface area contributed by atoms with Crippen molar-refractivity contribution in [3.05, 3.63) is 47.0 Å². The lowest BCUT2D eigenvalue weighted by Crippen LogP contribution is -2.48. The van der Waals surface area contributed by atoms with Crippen molar-refractivity contribution in [1.82, 2.24) is 15.2 Å². The van der Waals surface area contributed by atoms with Gasteiger partial charge in [0.15, 0.2) is 16.6 Å². The van der Waals surface area contributed by atoms with Gasteiger partial charge in [0.2, 0.25) is 0 Å². The number of thiazole rings is 1. The number of rotatable bonds is 5. The summed E-state index contributed by atoms with van der Waals surface area (Å²) in [5.74, 6) is 1.23. The molecule has 1 N–H and O–H groups in total. The number of anilines is 1. The molecule has 1 aromatic heterocycles. The van der Waals surface area contributed by atoms with Crippen molar-refractivity contribution < 1.29 is 14.3 Å². The molecule has 2 aliphatic heterocycles. The zero-order valence-corrected chi connectivity index (χ0v) is 18.5. The van der Waals surface area contributed by atoms with Crippen LogP contribution < -0.4 is 19.7 Å². The molecular formula is C22H23ClN4O3S. The molecule has 1 amide bonds. The summed E-state index contributed by atoms with van der Waals surface area (Å²) in [5.41, 5.74) is 1.47. The van der Waals surface area contributed by atoms with Gasteiger partial charge in [0.1, 0.15) is 18.7 Å². The Bertz CT molecular complexity index is 1100.